The van der Waals surface area contributed by atoms with E-state index in [1.165, 1.54) is 17.2 Å². The number of cyclic esters (lactones) is 1. The Bertz CT molecular complexity index is 912. The first-order chi connectivity index (χ1) is 13.2. The van der Waals surface area contributed by atoms with E-state index in [1.54, 1.807) is 6.92 Å². The van der Waals surface area contributed by atoms with Crippen molar-refractivity contribution >= 4 is 11.5 Å². The van der Waals surface area contributed by atoms with Gasteiger partial charge in [0.25, 0.3) is 0 Å². The molecule has 2 bridgehead atoms. The second kappa shape index (κ2) is 6.70. The Hall–Kier alpha value is -2.20. The van der Waals surface area contributed by atoms with Gasteiger partial charge in [-0.2, -0.15) is 0 Å². The van der Waals surface area contributed by atoms with Crippen molar-refractivity contribution in [3.8, 4) is 0 Å². The van der Waals surface area contributed by atoms with Crippen LogP contribution in [-0.4, -0.2) is 23.3 Å². The molecular weight excluding hydrogens is 355 g/mol. The van der Waals surface area contributed by atoms with Crippen molar-refractivity contribution in [2.24, 2.45) is 10.8 Å². The maximum atomic E-state index is 13.8. The van der Waals surface area contributed by atoms with Gasteiger partial charge in [0.2, 0.25) is 0 Å². The van der Waals surface area contributed by atoms with E-state index in [-0.39, 0.29) is 29.0 Å². The summed E-state index contributed by atoms with van der Waals surface area (Å²) in [5, 5.41) is 9.87. The van der Waals surface area contributed by atoms with Gasteiger partial charge in [-0.1, -0.05) is 38.1 Å². The van der Waals surface area contributed by atoms with Crippen LogP contribution in [0, 0.1) is 23.6 Å². The number of hydrogen-bond donors (Lipinski definition) is 1. The van der Waals surface area contributed by atoms with E-state index in [2.05, 4.69) is 32.1 Å². The van der Waals surface area contributed by atoms with Gasteiger partial charge in [-0.05, 0) is 65.7 Å². The molecule has 1 fully saturated rings. The second-order valence-electron chi connectivity index (χ2n) is 9.10. The number of fused-ring (bicyclic) bond motifs is 2. The number of aliphatic hydroxyl groups is 1. The van der Waals surface area contributed by atoms with Crippen molar-refractivity contribution < 1.29 is 19.0 Å². The Kier molecular flexibility index (Phi) is 4.58. The van der Waals surface area contributed by atoms with Crippen LogP contribution in [0.25, 0.3) is 5.57 Å². The number of benzene rings is 1. The number of rotatable bonds is 3. The van der Waals surface area contributed by atoms with Crippen molar-refractivity contribution in [2.75, 3.05) is 0 Å². The fraction of sp³-hybridized carbons (Fsp3) is 0.458. The molecule has 4 atom stereocenters. The topological polar surface area (TPSA) is 46.5 Å². The van der Waals surface area contributed by atoms with E-state index in [9.17, 15) is 14.3 Å². The summed E-state index contributed by atoms with van der Waals surface area (Å²) < 4.78 is 19.2. The third-order valence-corrected chi connectivity index (χ3v) is 6.32. The van der Waals surface area contributed by atoms with Gasteiger partial charge >= 0.3 is 5.97 Å². The van der Waals surface area contributed by atoms with Crippen molar-refractivity contribution in [1.29, 1.82) is 0 Å². The molecule has 3 nitrogen and oxygen atoms in total. The quantitative estimate of drug-likeness (QED) is 0.598. The van der Waals surface area contributed by atoms with Crippen LogP contribution >= 0.6 is 0 Å². The van der Waals surface area contributed by atoms with Gasteiger partial charge in [0, 0.05) is 11.8 Å². The molecule has 4 heteroatoms. The molecule has 1 saturated heterocycles. The number of allylic oxidation sites excluding steroid dienone is 5. The lowest BCUT2D eigenvalue weighted by Crippen LogP contribution is -2.31. The van der Waals surface area contributed by atoms with E-state index in [4.69, 9.17) is 4.74 Å². The van der Waals surface area contributed by atoms with Gasteiger partial charge in [0.05, 0.1) is 12.5 Å². The molecule has 1 aliphatic heterocycles. The summed E-state index contributed by atoms with van der Waals surface area (Å²) in [5.74, 6) is -0.557. The lowest BCUT2D eigenvalue weighted by atomic mass is 9.65. The molecule has 1 N–H and O–H groups in total. The second-order valence-corrected chi connectivity index (χ2v) is 9.10. The maximum Gasteiger partial charge on any atom is 0.309 e. The molecule has 0 amide bonds. The zero-order chi connectivity index (χ0) is 20.1. The average Bonchev–Trinajstić information content (AvgIpc) is 2.86. The van der Waals surface area contributed by atoms with Crippen LogP contribution in [0.3, 0.4) is 0 Å². The lowest BCUT2D eigenvalue weighted by Gasteiger charge is -2.39. The summed E-state index contributed by atoms with van der Waals surface area (Å²) >= 11 is 0. The van der Waals surface area contributed by atoms with Gasteiger partial charge in [-0.3, -0.25) is 4.79 Å². The minimum Gasteiger partial charge on any atom is -0.458 e. The number of esters is 1. The highest BCUT2D eigenvalue weighted by Gasteiger charge is 2.45. The Morgan fingerprint density at radius 1 is 1.29 bits per heavy atom. The molecule has 0 radical (unpaired) electrons. The molecule has 2 aliphatic carbocycles. The Morgan fingerprint density at radius 3 is 2.79 bits per heavy atom. The molecule has 3 aliphatic rings. The van der Waals surface area contributed by atoms with E-state index < -0.39 is 12.2 Å². The summed E-state index contributed by atoms with van der Waals surface area (Å²) in [4.78, 5) is 11.6. The molecule has 148 valence electrons. The molecule has 1 aromatic rings. The lowest BCUT2D eigenvalue weighted by molar-refractivity contribution is -0.156. The summed E-state index contributed by atoms with van der Waals surface area (Å²) in [5.41, 5.74) is 4.05. The largest absolute Gasteiger partial charge is 0.458 e. The maximum absolute atomic E-state index is 13.8. The number of ether oxygens (including phenoxy) is 1. The van der Waals surface area contributed by atoms with E-state index in [1.807, 2.05) is 18.2 Å². The molecule has 4 unspecified atom stereocenters. The third kappa shape index (κ3) is 3.46. The molecule has 0 spiro atoms. The molecule has 0 saturated carbocycles. The van der Waals surface area contributed by atoms with Crippen molar-refractivity contribution in [3.63, 3.8) is 0 Å². The third-order valence-electron chi connectivity index (χ3n) is 6.32. The fourth-order valence-corrected chi connectivity index (χ4v) is 5.00. The summed E-state index contributed by atoms with van der Waals surface area (Å²) in [6.45, 7) is 6.29. The number of aliphatic hydroxyl groups excluding tert-OH is 1. The SMILES string of the molecule is Cc1cc(C2=C(C=CC3CC(O)CC(=O)O3)C3(C)C=CC(C)(C2)C3)ccc1F. The average molecular weight is 382 g/mol. The molecule has 0 aromatic heterocycles. The van der Waals surface area contributed by atoms with Crippen LogP contribution in [0.15, 0.2) is 48.1 Å². The van der Waals surface area contributed by atoms with E-state index >= 15 is 0 Å². The number of aryl methyl sites for hydroxylation is 1. The molecule has 4 rings (SSSR count). The highest BCUT2D eigenvalue weighted by Crippen LogP contribution is 2.58. The molecule has 28 heavy (non-hydrogen) atoms. The van der Waals surface area contributed by atoms with Crippen LogP contribution in [0.2, 0.25) is 0 Å². The minimum absolute atomic E-state index is 0.0615. The van der Waals surface area contributed by atoms with Crippen LogP contribution in [0.5, 0.6) is 0 Å². The highest BCUT2D eigenvalue weighted by molar-refractivity contribution is 5.76. The van der Waals surface area contributed by atoms with Gasteiger partial charge < -0.3 is 9.84 Å². The summed E-state index contributed by atoms with van der Waals surface area (Å²) in [6.07, 6.45) is 9.85. The van der Waals surface area contributed by atoms with Crippen LogP contribution in [0.1, 0.15) is 50.7 Å². The first kappa shape index (κ1) is 19.1. The van der Waals surface area contributed by atoms with E-state index in [0.717, 1.165) is 18.4 Å². The predicted molar refractivity (Wildman–Crippen MR) is 107 cm³/mol. The van der Waals surface area contributed by atoms with E-state index in [0.29, 0.717) is 12.0 Å². The standard InChI is InChI=1S/C24H27FO3/c1-15-10-16(4-7-21(15)25)19-13-23(2)8-9-24(3,14-23)20(19)6-5-18-11-17(26)12-22(27)28-18/h4-10,17-18,26H,11-14H2,1-3H3. The predicted octanol–water partition coefficient (Wildman–Crippen LogP) is 4.89. The summed E-state index contributed by atoms with van der Waals surface area (Å²) in [7, 11) is 0. The first-order valence-corrected chi connectivity index (χ1v) is 9.94. The highest BCUT2D eigenvalue weighted by atomic mass is 19.1. The minimum atomic E-state index is -0.652. The zero-order valence-electron chi connectivity index (χ0n) is 16.7. The Morgan fingerprint density at radius 2 is 2.07 bits per heavy atom. The molecular formula is C24H27FO3. The normalized spacial score (nSPS) is 35.0. The van der Waals surface area contributed by atoms with Crippen LogP contribution < -0.4 is 0 Å². The molecule has 1 aromatic carbocycles. The Balaban J connectivity index is 1.76. The monoisotopic (exact) mass is 382 g/mol. The van der Waals surface area contributed by atoms with Gasteiger partial charge in [0.1, 0.15) is 11.9 Å². The van der Waals surface area contributed by atoms with Crippen LogP contribution in [0.4, 0.5) is 4.39 Å². The van der Waals surface area contributed by atoms with Gasteiger partial charge in [-0.25, -0.2) is 4.39 Å². The van der Waals surface area contributed by atoms with Crippen molar-refractivity contribution in [2.45, 2.75) is 58.7 Å². The number of hydrogen-bond acceptors (Lipinski definition) is 3. The number of carbonyl (C=O) groups excluding carboxylic acids is 1. The van der Waals surface area contributed by atoms with Crippen molar-refractivity contribution in [3.05, 3.63) is 65.0 Å². The van der Waals surface area contributed by atoms with Crippen LogP contribution in [-0.2, 0) is 9.53 Å². The van der Waals surface area contributed by atoms with Crippen molar-refractivity contribution in [1.82, 2.24) is 0 Å². The number of carbonyl (C=O) groups is 1. The smallest absolute Gasteiger partial charge is 0.309 e. The Labute approximate surface area is 165 Å². The fourth-order valence-electron chi connectivity index (χ4n) is 5.00. The first-order valence-electron chi connectivity index (χ1n) is 9.94. The molecule has 1 heterocycles. The van der Waals surface area contributed by atoms with Gasteiger partial charge in [0.15, 0.2) is 0 Å². The van der Waals surface area contributed by atoms with Gasteiger partial charge in [-0.15, -0.1) is 0 Å². The zero-order valence-corrected chi connectivity index (χ0v) is 16.7. The summed E-state index contributed by atoms with van der Waals surface area (Å²) in [6, 6.07) is 5.31. The number of halogens is 1.